The van der Waals surface area contributed by atoms with Gasteiger partial charge < -0.3 is 10.1 Å². The second kappa shape index (κ2) is 7.54. The highest BCUT2D eigenvalue weighted by Gasteiger charge is 2.08. The molecule has 0 aromatic heterocycles. The van der Waals surface area contributed by atoms with E-state index in [4.69, 9.17) is 4.74 Å². The molecule has 0 aliphatic carbocycles. The van der Waals surface area contributed by atoms with Gasteiger partial charge in [0.25, 0.3) is 0 Å². The lowest BCUT2D eigenvalue weighted by Gasteiger charge is -2.19. The molecule has 0 aliphatic rings. The molecule has 0 aliphatic heterocycles. The van der Waals surface area contributed by atoms with Crippen LogP contribution < -0.4 is 10.1 Å². The molecule has 0 saturated carbocycles. The molecule has 0 saturated heterocycles. The van der Waals surface area contributed by atoms with Crippen LogP contribution in [0.5, 0.6) is 5.75 Å². The van der Waals surface area contributed by atoms with E-state index in [0.29, 0.717) is 5.92 Å². The molecule has 2 heteroatoms. The number of aryl methyl sites for hydroxylation is 3. The van der Waals surface area contributed by atoms with Crippen LogP contribution in [0.4, 0.5) is 5.69 Å². The first-order valence-corrected chi connectivity index (χ1v) is 8.45. The molecule has 124 valence electrons. The van der Waals surface area contributed by atoms with Crippen molar-refractivity contribution < 1.29 is 4.74 Å². The summed E-state index contributed by atoms with van der Waals surface area (Å²) in [4.78, 5) is 0. The van der Waals surface area contributed by atoms with Gasteiger partial charge in [0.15, 0.2) is 0 Å². The van der Waals surface area contributed by atoms with Crippen LogP contribution in [0.15, 0.2) is 36.4 Å². The average Bonchev–Trinajstić information content (AvgIpc) is 2.46. The van der Waals surface area contributed by atoms with Crippen molar-refractivity contribution >= 4 is 5.69 Å². The van der Waals surface area contributed by atoms with Gasteiger partial charge in [0.1, 0.15) is 11.9 Å². The largest absolute Gasteiger partial charge is 0.489 e. The lowest BCUT2D eigenvalue weighted by molar-refractivity contribution is 0.234. The summed E-state index contributed by atoms with van der Waals surface area (Å²) >= 11 is 0. The minimum atomic E-state index is 0.111. The van der Waals surface area contributed by atoms with E-state index in [1.807, 2.05) is 0 Å². The molecule has 1 atom stereocenters. The van der Waals surface area contributed by atoms with Crippen LogP contribution in [-0.4, -0.2) is 12.6 Å². The summed E-state index contributed by atoms with van der Waals surface area (Å²) in [6.07, 6.45) is 0.111. The zero-order valence-electron chi connectivity index (χ0n) is 15.2. The zero-order chi connectivity index (χ0) is 17.0. The smallest absolute Gasteiger partial charge is 0.119 e. The lowest BCUT2D eigenvalue weighted by atomic mass is 10.0. The van der Waals surface area contributed by atoms with Crippen LogP contribution in [0.3, 0.4) is 0 Å². The summed E-state index contributed by atoms with van der Waals surface area (Å²) in [5.74, 6) is 1.48. The summed E-state index contributed by atoms with van der Waals surface area (Å²) in [7, 11) is 0. The summed E-state index contributed by atoms with van der Waals surface area (Å²) in [5.41, 5.74) is 6.45. The third kappa shape index (κ3) is 4.75. The molecule has 2 aromatic carbocycles. The van der Waals surface area contributed by atoms with Crippen LogP contribution in [0.1, 0.15) is 48.9 Å². The standard InChI is InChI=1S/C21H29NO/c1-14(2)19-7-9-20(10-8-19)23-18(6)13-22-21-16(4)11-15(3)12-17(21)5/h7-12,14,18,22H,13H2,1-6H3. The topological polar surface area (TPSA) is 21.3 Å². The van der Waals surface area contributed by atoms with Gasteiger partial charge in [0, 0.05) is 5.69 Å². The van der Waals surface area contributed by atoms with Crippen molar-refractivity contribution in [3.63, 3.8) is 0 Å². The predicted octanol–water partition coefficient (Wildman–Crippen LogP) is 5.61. The first-order chi connectivity index (χ1) is 10.9. The maximum Gasteiger partial charge on any atom is 0.119 e. The summed E-state index contributed by atoms with van der Waals surface area (Å²) in [6, 6.07) is 12.8. The highest BCUT2D eigenvalue weighted by atomic mass is 16.5. The van der Waals surface area contributed by atoms with E-state index >= 15 is 0 Å². The van der Waals surface area contributed by atoms with Crippen molar-refractivity contribution in [3.05, 3.63) is 58.7 Å². The van der Waals surface area contributed by atoms with Gasteiger partial charge in [0.2, 0.25) is 0 Å². The number of hydrogen-bond acceptors (Lipinski definition) is 2. The van der Waals surface area contributed by atoms with Crippen molar-refractivity contribution in [3.8, 4) is 5.75 Å². The normalized spacial score (nSPS) is 12.3. The zero-order valence-corrected chi connectivity index (χ0v) is 15.2. The van der Waals surface area contributed by atoms with E-state index < -0.39 is 0 Å². The van der Waals surface area contributed by atoms with Gasteiger partial charge in [-0.3, -0.25) is 0 Å². The van der Waals surface area contributed by atoms with Gasteiger partial charge in [-0.2, -0.15) is 0 Å². The lowest BCUT2D eigenvalue weighted by Crippen LogP contribution is -2.23. The number of nitrogens with one attached hydrogen (secondary N) is 1. The Balaban J connectivity index is 1.94. The molecular weight excluding hydrogens is 282 g/mol. The number of benzene rings is 2. The SMILES string of the molecule is Cc1cc(C)c(NCC(C)Oc2ccc(C(C)C)cc2)c(C)c1. The van der Waals surface area contributed by atoms with E-state index in [9.17, 15) is 0 Å². The number of hydrogen-bond donors (Lipinski definition) is 1. The second-order valence-electron chi connectivity index (χ2n) is 6.81. The van der Waals surface area contributed by atoms with Gasteiger partial charge in [-0.25, -0.2) is 0 Å². The average molecular weight is 311 g/mol. The molecule has 0 heterocycles. The fourth-order valence-corrected chi connectivity index (χ4v) is 2.91. The van der Waals surface area contributed by atoms with E-state index in [1.54, 1.807) is 0 Å². The van der Waals surface area contributed by atoms with Crippen molar-refractivity contribution in [1.82, 2.24) is 0 Å². The van der Waals surface area contributed by atoms with E-state index in [1.165, 1.54) is 27.9 Å². The minimum Gasteiger partial charge on any atom is -0.489 e. The van der Waals surface area contributed by atoms with Crippen molar-refractivity contribution in [2.45, 2.75) is 53.6 Å². The fraction of sp³-hybridized carbons (Fsp3) is 0.429. The second-order valence-corrected chi connectivity index (χ2v) is 6.81. The van der Waals surface area contributed by atoms with Gasteiger partial charge >= 0.3 is 0 Å². The maximum atomic E-state index is 6.01. The molecule has 2 rings (SSSR count). The summed E-state index contributed by atoms with van der Waals surface area (Å²) < 4.78 is 6.01. The Morgan fingerprint density at radius 1 is 0.913 bits per heavy atom. The Kier molecular flexibility index (Phi) is 5.70. The molecule has 23 heavy (non-hydrogen) atoms. The Morgan fingerprint density at radius 2 is 1.48 bits per heavy atom. The number of ether oxygens (including phenoxy) is 1. The van der Waals surface area contributed by atoms with Crippen molar-refractivity contribution in [1.29, 1.82) is 0 Å². The number of anilines is 1. The third-order valence-corrected chi connectivity index (χ3v) is 4.13. The van der Waals surface area contributed by atoms with Gasteiger partial charge in [-0.05, 0) is 62.4 Å². The first-order valence-electron chi connectivity index (χ1n) is 8.45. The van der Waals surface area contributed by atoms with Gasteiger partial charge in [-0.15, -0.1) is 0 Å². The molecule has 1 N–H and O–H groups in total. The van der Waals surface area contributed by atoms with Crippen LogP contribution in [-0.2, 0) is 0 Å². The van der Waals surface area contributed by atoms with Gasteiger partial charge in [0.05, 0.1) is 6.54 Å². The van der Waals surface area contributed by atoms with Crippen LogP contribution in [0.2, 0.25) is 0 Å². The van der Waals surface area contributed by atoms with Crippen molar-refractivity contribution in [2.75, 3.05) is 11.9 Å². The maximum absolute atomic E-state index is 6.01. The van der Waals surface area contributed by atoms with Crippen LogP contribution >= 0.6 is 0 Å². The first kappa shape index (κ1) is 17.4. The molecule has 0 bridgehead atoms. The molecule has 0 fully saturated rings. The Hall–Kier alpha value is -1.96. The molecule has 2 aromatic rings. The Bertz CT molecular complexity index is 620. The third-order valence-electron chi connectivity index (χ3n) is 4.13. The molecule has 0 radical (unpaired) electrons. The Morgan fingerprint density at radius 3 is 2.00 bits per heavy atom. The minimum absolute atomic E-state index is 0.111. The van der Waals surface area contributed by atoms with Crippen molar-refractivity contribution in [2.24, 2.45) is 0 Å². The van der Waals surface area contributed by atoms with E-state index in [0.717, 1.165) is 12.3 Å². The molecule has 0 amide bonds. The highest BCUT2D eigenvalue weighted by molar-refractivity contribution is 5.58. The molecule has 0 spiro atoms. The highest BCUT2D eigenvalue weighted by Crippen LogP contribution is 2.23. The van der Waals surface area contributed by atoms with E-state index in [2.05, 4.69) is 83.3 Å². The van der Waals surface area contributed by atoms with Crippen LogP contribution in [0, 0.1) is 20.8 Å². The molecule has 2 nitrogen and oxygen atoms in total. The van der Waals surface area contributed by atoms with E-state index in [-0.39, 0.29) is 6.10 Å². The molecule has 1 unspecified atom stereocenters. The monoisotopic (exact) mass is 311 g/mol. The molecular formula is C21H29NO. The quantitative estimate of drug-likeness (QED) is 0.748. The number of rotatable bonds is 6. The van der Waals surface area contributed by atoms with Crippen LogP contribution in [0.25, 0.3) is 0 Å². The fourth-order valence-electron chi connectivity index (χ4n) is 2.91. The Labute approximate surface area is 140 Å². The van der Waals surface area contributed by atoms with Gasteiger partial charge in [-0.1, -0.05) is 43.7 Å². The summed E-state index contributed by atoms with van der Waals surface area (Å²) in [6.45, 7) is 13.7. The summed E-state index contributed by atoms with van der Waals surface area (Å²) in [5, 5.41) is 3.53. The predicted molar refractivity (Wildman–Crippen MR) is 99.8 cm³/mol.